The van der Waals surface area contributed by atoms with Gasteiger partial charge in [0.05, 0.1) is 24.5 Å². The van der Waals surface area contributed by atoms with Crippen LogP contribution >= 0.6 is 0 Å². The van der Waals surface area contributed by atoms with Crippen molar-refractivity contribution < 1.29 is 29.0 Å². The second-order valence-electron chi connectivity index (χ2n) is 9.56. The first kappa shape index (κ1) is 21.1. The van der Waals surface area contributed by atoms with Gasteiger partial charge in [0.25, 0.3) is 0 Å². The third-order valence-corrected chi connectivity index (χ3v) is 7.74. The van der Waals surface area contributed by atoms with Crippen LogP contribution in [-0.2, 0) is 26.5 Å². The predicted octanol–water partition coefficient (Wildman–Crippen LogP) is 1.33. The molecule has 6 rings (SSSR count). The van der Waals surface area contributed by atoms with Crippen LogP contribution in [0.5, 0.6) is 11.5 Å². The van der Waals surface area contributed by atoms with E-state index in [1.54, 1.807) is 25.1 Å². The standard InChI is InChI=1S/C25H25N3O6/c1-11-4-6-15-20(12(11)2)26-24(32)25(15)19-18(21(27-25)13(3)29)22(30)28(23(19)31)9-14-5-7-16-17(8-14)34-10-33-16/h4-8,13,18-19,21,27,29H,9-10H2,1-3H3,(H,26,32)/t13-,18+,19-,21+,25-/m1/s1. The second-order valence-corrected chi connectivity index (χ2v) is 9.56. The number of likely N-dealkylation sites (tertiary alicyclic amines) is 1. The number of nitrogens with one attached hydrogen (secondary N) is 2. The Bertz CT molecular complexity index is 1270. The van der Waals surface area contributed by atoms with Gasteiger partial charge in [0.1, 0.15) is 5.54 Å². The van der Waals surface area contributed by atoms with Crippen molar-refractivity contribution in [2.45, 2.75) is 45.0 Å². The predicted molar refractivity (Wildman–Crippen MR) is 120 cm³/mol. The van der Waals surface area contributed by atoms with E-state index < -0.39 is 41.3 Å². The van der Waals surface area contributed by atoms with Crippen LogP contribution in [0.15, 0.2) is 30.3 Å². The van der Waals surface area contributed by atoms with E-state index in [0.717, 1.165) is 11.1 Å². The molecule has 0 aliphatic carbocycles. The highest BCUT2D eigenvalue weighted by atomic mass is 16.7. The van der Waals surface area contributed by atoms with Crippen LogP contribution in [-0.4, -0.2) is 46.7 Å². The van der Waals surface area contributed by atoms with Crippen molar-refractivity contribution in [2.75, 3.05) is 12.1 Å². The summed E-state index contributed by atoms with van der Waals surface area (Å²) in [7, 11) is 0. The van der Waals surface area contributed by atoms with E-state index in [1.807, 2.05) is 26.0 Å². The zero-order chi connectivity index (χ0) is 23.9. The number of carbonyl (C=O) groups excluding carboxylic acids is 3. The lowest BCUT2D eigenvalue weighted by atomic mass is 9.76. The number of rotatable bonds is 3. The van der Waals surface area contributed by atoms with E-state index in [-0.39, 0.29) is 19.2 Å². The van der Waals surface area contributed by atoms with Gasteiger partial charge in [0.15, 0.2) is 11.5 Å². The van der Waals surface area contributed by atoms with Gasteiger partial charge in [-0.15, -0.1) is 0 Å². The molecule has 4 aliphatic rings. The van der Waals surface area contributed by atoms with E-state index in [2.05, 4.69) is 10.6 Å². The van der Waals surface area contributed by atoms with Crippen LogP contribution in [0.3, 0.4) is 0 Å². The van der Waals surface area contributed by atoms with Crippen molar-refractivity contribution in [3.05, 3.63) is 52.6 Å². The number of imide groups is 1. The first-order chi connectivity index (χ1) is 16.2. The molecular weight excluding hydrogens is 438 g/mol. The molecule has 4 aliphatic heterocycles. The summed E-state index contributed by atoms with van der Waals surface area (Å²) in [6, 6.07) is 8.28. The van der Waals surface area contributed by atoms with E-state index in [0.29, 0.717) is 28.3 Å². The molecule has 3 N–H and O–H groups in total. The topological polar surface area (TPSA) is 117 Å². The second kappa shape index (κ2) is 7.04. The lowest BCUT2D eigenvalue weighted by Crippen LogP contribution is -2.54. The summed E-state index contributed by atoms with van der Waals surface area (Å²) in [5.74, 6) is -1.84. The molecule has 3 amide bonds. The van der Waals surface area contributed by atoms with Gasteiger partial charge >= 0.3 is 0 Å². The van der Waals surface area contributed by atoms with E-state index >= 15 is 0 Å². The maximum atomic E-state index is 13.8. The van der Waals surface area contributed by atoms with Crippen LogP contribution in [0.4, 0.5) is 5.69 Å². The summed E-state index contributed by atoms with van der Waals surface area (Å²) < 4.78 is 10.8. The number of hydrogen-bond donors (Lipinski definition) is 3. The summed E-state index contributed by atoms with van der Waals surface area (Å²) in [5, 5.41) is 16.7. The third-order valence-electron chi connectivity index (χ3n) is 7.74. The third kappa shape index (κ3) is 2.59. The lowest BCUT2D eigenvalue weighted by Gasteiger charge is -2.30. The number of fused-ring (bicyclic) bond motifs is 5. The van der Waals surface area contributed by atoms with E-state index in [9.17, 15) is 19.5 Å². The molecule has 2 aromatic rings. The summed E-state index contributed by atoms with van der Waals surface area (Å²) in [4.78, 5) is 42.1. The molecule has 9 nitrogen and oxygen atoms in total. The maximum absolute atomic E-state index is 13.8. The van der Waals surface area contributed by atoms with Gasteiger partial charge in [-0.25, -0.2) is 0 Å². The molecule has 0 bridgehead atoms. The Kier molecular flexibility index (Phi) is 4.37. The van der Waals surface area contributed by atoms with Crippen molar-refractivity contribution in [3.8, 4) is 11.5 Å². The molecule has 2 aromatic carbocycles. The Labute approximate surface area is 196 Å². The molecule has 2 saturated heterocycles. The van der Waals surface area contributed by atoms with Crippen LogP contribution in [0.25, 0.3) is 0 Å². The van der Waals surface area contributed by atoms with Crippen molar-refractivity contribution >= 4 is 23.4 Å². The Morgan fingerprint density at radius 2 is 1.88 bits per heavy atom. The van der Waals surface area contributed by atoms with Crippen LogP contribution in [0.2, 0.25) is 0 Å². The summed E-state index contributed by atoms with van der Waals surface area (Å²) in [5.41, 5.74) is 2.52. The molecule has 176 valence electrons. The molecule has 9 heteroatoms. The van der Waals surface area contributed by atoms with Crippen molar-refractivity contribution in [1.29, 1.82) is 0 Å². The molecule has 4 heterocycles. The minimum atomic E-state index is -1.42. The van der Waals surface area contributed by atoms with Gasteiger partial charge in [-0.3, -0.25) is 24.6 Å². The van der Waals surface area contributed by atoms with Gasteiger partial charge in [-0.05, 0) is 49.6 Å². The zero-order valence-electron chi connectivity index (χ0n) is 19.0. The Hall–Kier alpha value is -3.43. The molecular formula is C25H25N3O6. The minimum Gasteiger partial charge on any atom is -0.454 e. The Morgan fingerprint density at radius 3 is 2.65 bits per heavy atom. The van der Waals surface area contributed by atoms with Gasteiger partial charge in [0, 0.05) is 17.3 Å². The number of carbonyl (C=O) groups is 3. The monoisotopic (exact) mass is 463 g/mol. The van der Waals surface area contributed by atoms with Crippen molar-refractivity contribution in [2.24, 2.45) is 11.8 Å². The molecule has 0 aromatic heterocycles. The molecule has 1 spiro atoms. The molecule has 2 fully saturated rings. The molecule has 34 heavy (non-hydrogen) atoms. The molecule has 5 atom stereocenters. The number of hydrogen-bond acceptors (Lipinski definition) is 7. The number of amides is 3. The normalized spacial score (nSPS) is 29.6. The average Bonchev–Trinajstić information content (AvgIpc) is 3.53. The number of aliphatic hydroxyl groups is 1. The van der Waals surface area contributed by atoms with Crippen molar-refractivity contribution in [1.82, 2.24) is 10.2 Å². The van der Waals surface area contributed by atoms with E-state index in [1.165, 1.54) is 4.90 Å². The van der Waals surface area contributed by atoms with Gasteiger partial charge in [0.2, 0.25) is 24.5 Å². The molecule has 0 radical (unpaired) electrons. The minimum absolute atomic E-state index is 0.0469. The fraction of sp³-hybridized carbons (Fsp3) is 0.400. The first-order valence-corrected chi connectivity index (χ1v) is 11.4. The fourth-order valence-corrected chi connectivity index (χ4v) is 5.90. The highest BCUT2D eigenvalue weighted by molar-refractivity contribution is 6.15. The zero-order valence-corrected chi connectivity index (χ0v) is 19.0. The first-order valence-electron chi connectivity index (χ1n) is 11.4. The highest BCUT2D eigenvalue weighted by Gasteiger charge is 2.71. The Morgan fingerprint density at radius 1 is 1.12 bits per heavy atom. The number of benzene rings is 2. The van der Waals surface area contributed by atoms with Crippen LogP contribution in [0.1, 0.15) is 29.2 Å². The smallest absolute Gasteiger partial charge is 0.250 e. The summed E-state index contributed by atoms with van der Waals surface area (Å²) in [6.45, 7) is 5.61. The molecule has 0 unspecified atom stereocenters. The number of aryl methyl sites for hydroxylation is 1. The molecule has 0 saturated carbocycles. The Balaban J connectivity index is 1.43. The fourth-order valence-electron chi connectivity index (χ4n) is 5.90. The lowest BCUT2D eigenvalue weighted by molar-refractivity contribution is -0.143. The SMILES string of the molecule is Cc1ccc2c(c1C)NC(=O)[C@@]21N[C@@H]([C@@H](C)O)[C@H]2C(=O)N(Cc3ccc4c(c3)OCO4)C(=O)[C@@H]21. The van der Waals surface area contributed by atoms with Gasteiger partial charge in [-0.2, -0.15) is 0 Å². The number of aliphatic hydroxyl groups excluding tert-OH is 1. The average molecular weight is 463 g/mol. The highest BCUT2D eigenvalue weighted by Crippen LogP contribution is 2.54. The van der Waals surface area contributed by atoms with Gasteiger partial charge in [-0.1, -0.05) is 18.2 Å². The summed E-state index contributed by atoms with van der Waals surface area (Å²) >= 11 is 0. The quantitative estimate of drug-likeness (QED) is 0.588. The van der Waals surface area contributed by atoms with Crippen LogP contribution < -0.4 is 20.1 Å². The van der Waals surface area contributed by atoms with Crippen LogP contribution in [0, 0.1) is 25.7 Å². The summed E-state index contributed by atoms with van der Waals surface area (Å²) in [6.07, 6.45) is -0.947. The van der Waals surface area contributed by atoms with Gasteiger partial charge < -0.3 is 19.9 Å². The number of ether oxygens (including phenoxy) is 2. The maximum Gasteiger partial charge on any atom is 0.250 e. The number of nitrogens with zero attached hydrogens (tertiary/aromatic N) is 1. The number of anilines is 1. The van der Waals surface area contributed by atoms with E-state index in [4.69, 9.17) is 9.47 Å². The largest absolute Gasteiger partial charge is 0.454 e. The van der Waals surface area contributed by atoms with Crippen molar-refractivity contribution in [3.63, 3.8) is 0 Å².